The Morgan fingerprint density at radius 3 is 2.40 bits per heavy atom. The molecule has 1 unspecified atom stereocenters. The lowest BCUT2D eigenvalue weighted by molar-refractivity contribution is -0.119. The third-order valence-electron chi connectivity index (χ3n) is 7.48. The summed E-state index contributed by atoms with van der Waals surface area (Å²) in [5.74, 6) is 1.64. The van der Waals surface area contributed by atoms with Gasteiger partial charge in [0.25, 0.3) is 0 Å². The lowest BCUT2D eigenvalue weighted by Gasteiger charge is -2.44. The number of rotatable bonds is 5. The average molecular weight is 498 g/mol. The zero-order chi connectivity index (χ0) is 24.5. The van der Waals surface area contributed by atoms with Crippen LogP contribution in [-0.4, -0.2) is 78.1 Å². The van der Waals surface area contributed by atoms with Gasteiger partial charge in [-0.15, -0.1) is 0 Å². The van der Waals surface area contributed by atoms with Crippen molar-refractivity contribution in [1.82, 2.24) is 9.88 Å². The molecule has 2 aromatic rings. The van der Waals surface area contributed by atoms with E-state index in [1.165, 1.54) is 0 Å². The van der Waals surface area contributed by atoms with Gasteiger partial charge in [-0.3, -0.25) is 4.79 Å². The van der Waals surface area contributed by atoms with Crippen molar-refractivity contribution < 1.29 is 14.1 Å². The summed E-state index contributed by atoms with van der Waals surface area (Å²) >= 11 is -0.985. The zero-order valence-electron chi connectivity index (χ0n) is 20.8. The fourth-order valence-electron chi connectivity index (χ4n) is 5.33. The number of hydrogen-bond donors (Lipinski definition) is 1. The summed E-state index contributed by atoms with van der Waals surface area (Å²) in [7, 11) is 3.94. The molecule has 9 heteroatoms. The minimum absolute atomic E-state index is 0.0831. The minimum Gasteiger partial charge on any atom is -0.611 e. The predicted octanol–water partition coefficient (Wildman–Crippen LogP) is 3.38. The molecule has 0 radical (unpaired) electrons. The standard InChI is InChI=1S/C26H35N5O3S/c1-18-26(32)30(3)23-8-9-24(28-25(23)31(18)20-12-16-34-17-13-20)27-19-4-6-21(7-5-19)35(33)22-10-14-29(2)15-11-22/h4-9,18,20,22H,10-17H2,1-3H3,(H,27,28)/t18-,35?/m1/s1. The van der Waals surface area contributed by atoms with E-state index in [9.17, 15) is 9.35 Å². The van der Waals surface area contributed by atoms with Crippen molar-refractivity contribution >= 4 is 40.1 Å². The van der Waals surface area contributed by atoms with E-state index in [2.05, 4.69) is 22.2 Å². The number of hydrogen-bond acceptors (Lipinski definition) is 7. The van der Waals surface area contributed by atoms with E-state index < -0.39 is 11.2 Å². The number of piperidine rings is 1. The fraction of sp³-hybridized carbons (Fsp3) is 0.538. The third-order valence-corrected chi connectivity index (χ3v) is 9.29. The number of nitrogens with zero attached hydrogens (tertiary/aromatic N) is 4. The number of aromatic nitrogens is 1. The molecule has 1 amide bonds. The topological polar surface area (TPSA) is 84.0 Å². The van der Waals surface area contributed by atoms with Gasteiger partial charge in [-0.25, -0.2) is 4.98 Å². The molecule has 1 aromatic carbocycles. The highest BCUT2D eigenvalue weighted by molar-refractivity contribution is 7.92. The first-order chi connectivity index (χ1) is 16.9. The highest BCUT2D eigenvalue weighted by Crippen LogP contribution is 2.38. The van der Waals surface area contributed by atoms with Crippen LogP contribution in [0.25, 0.3) is 0 Å². The first kappa shape index (κ1) is 24.4. The summed E-state index contributed by atoms with van der Waals surface area (Å²) in [6.45, 7) is 5.38. The molecular formula is C26H35N5O3S. The van der Waals surface area contributed by atoms with Crippen LogP contribution in [0, 0.1) is 0 Å². The second-order valence-corrected chi connectivity index (χ2v) is 11.5. The number of likely N-dealkylation sites (tertiary alicyclic amines) is 1. The molecule has 0 spiro atoms. The van der Waals surface area contributed by atoms with Crippen LogP contribution in [0.4, 0.5) is 23.0 Å². The van der Waals surface area contributed by atoms with Crippen LogP contribution in [-0.2, 0) is 20.7 Å². The van der Waals surface area contributed by atoms with Crippen molar-refractivity contribution in [3.8, 4) is 0 Å². The van der Waals surface area contributed by atoms with Gasteiger partial charge >= 0.3 is 0 Å². The van der Waals surface area contributed by atoms with E-state index in [4.69, 9.17) is 9.72 Å². The number of pyridine rings is 1. The van der Waals surface area contributed by atoms with Crippen molar-refractivity contribution in [3.05, 3.63) is 36.4 Å². The number of carbonyl (C=O) groups is 1. The zero-order valence-corrected chi connectivity index (χ0v) is 21.6. The Hall–Kier alpha value is -2.33. The van der Waals surface area contributed by atoms with Gasteiger partial charge in [-0.05, 0) is 74.4 Å². The Kier molecular flexibility index (Phi) is 7.20. The molecule has 8 nitrogen and oxygen atoms in total. The van der Waals surface area contributed by atoms with Gasteiger partial charge in [0.2, 0.25) is 5.91 Å². The first-order valence-electron chi connectivity index (χ1n) is 12.5. The molecule has 1 aromatic heterocycles. The number of anilines is 4. The van der Waals surface area contributed by atoms with Gasteiger partial charge in [-0.2, -0.15) is 0 Å². The molecule has 0 aliphatic carbocycles. The molecule has 0 saturated carbocycles. The van der Waals surface area contributed by atoms with E-state index in [0.717, 1.165) is 66.7 Å². The molecule has 0 bridgehead atoms. The van der Waals surface area contributed by atoms with Crippen LogP contribution >= 0.6 is 0 Å². The molecular weight excluding hydrogens is 462 g/mol. The maximum Gasteiger partial charge on any atom is 0.249 e. The summed E-state index contributed by atoms with van der Waals surface area (Å²) < 4.78 is 18.6. The average Bonchev–Trinajstić information content (AvgIpc) is 2.88. The van der Waals surface area contributed by atoms with Crippen LogP contribution in [0.15, 0.2) is 41.3 Å². The Morgan fingerprint density at radius 2 is 1.71 bits per heavy atom. The SMILES string of the molecule is C[C@@H]1C(=O)N(C)c2ccc(Nc3ccc([S+]([O-])C4CCN(C)CC4)cc3)nc2N1C1CCOCC1. The number of benzene rings is 1. The molecule has 3 aliphatic heterocycles. The van der Waals surface area contributed by atoms with Crippen molar-refractivity contribution in [2.75, 3.05) is 55.5 Å². The van der Waals surface area contributed by atoms with Gasteiger partial charge in [0, 0.05) is 57.9 Å². The van der Waals surface area contributed by atoms with E-state index >= 15 is 0 Å². The quantitative estimate of drug-likeness (QED) is 0.634. The molecule has 2 fully saturated rings. The molecule has 2 atom stereocenters. The fourth-order valence-corrected chi connectivity index (χ4v) is 6.76. The van der Waals surface area contributed by atoms with Gasteiger partial charge in [0.1, 0.15) is 17.1 Å². The largest absolute Gasteiger partial charge is 0.611 e. The number of nitrogens with one attached hydrogen (secondary N) is 1. The molecule has 1 N–H and O–H groups in total. The summed E-state index contributed by atoms with van der Waals surface area (Å²) in [6.07, 6.45) is 3.72. The Bertz CT molecular complexity index is 1040. The van der Waals surface area contributed by atoms with E-state index in [1.54, 1.807) is 4.90 Å². The molecule has 35 heavy (non-hydrogen) atoms. The second-order valence-electron chi connectivity index (χ2n) is 9.81. The molecule has 3 aliphatic rings. The second kappa shape index (κ2) is 10.3. The third kappa shape index (κ3) is 5.00. The maximum absolute atomic E-state index is 13.0. The van der Waals surface area contributed by atoms with Gasteiger partial charge in [-0.1, -0.05) is 0 Å². The Labute approximate surface area is 210 Å². The lowest BCUT2D eigenvalue weighted by atomic mass is 10.0. The van der Waals surface area contributed by atoms with Crippen LogP contribution in [0.3, 0.4) is 0 Å². The van der Waals surface area contributed by atoms with E-state index in [0.29, 0.717) is 13.2 Å². The summed E-state index contributed by atoms with van der Waals surface area (Å²) in [4.78, 5) is 24.9. The van der Waals surface area contributed by atoms with Gasteiger partial charge in [0.05, 0.1) is 5.69 Å². The van der Waals surface area contributed by atoms with E-state index in [1.807, 2.05) is 50.4 Å². The lowest BCUT2D eigenvalue weighted by Crippen LogP contribution is -2.56. The Morgan fingerprint density at radius 1 is 1.03 bits per heavy atom. The molecule has 5 rings (SSSR count). The van der Waals surface area contributed by atoms with Crippen LogP contribution in [0.5, 0.6) is 0 Å². The predicted molar refractivity (Wildman–Crippen MR) is 140 cm³/mol. The summed E-state index contributed by atoms with van der Waals surface area (Å²) in [5, 5.41) is 3.63. The minimum atomic E-state index is -0.985. The van der Waals surface area contributed by atoms with Crippen LogP contribution in [0.2, 0.25) is 0 Å². The number of likely N-dealkylation sites (N-methyl/N-ethyl adjacent to an activating group) is 1. The maximum atomic E-state index is 13.0. The van der Waals surface area contributed by atoms with Gasteiger partial charge < -0.3 is 29.3 Å². The summed E-state index contributed by atoms with van der Waals surface area (Å²) in [6, 6.07) is 11.7. The summed E-state index contributed by atoms with van der Waals surface area (Å²) in [5.41, 5.74) is 1.72. The van der Waals surface area contributed by atoms with Gasteiger partial charge in [0.15, 0.2) is 10.7 Å². The smallest absolute Gasteiger partial charge is 0.249 e. The number of ether oxygens (including phenoxy) is 1. The monoisotopic (exact) mass is 497 g/mol. The molecule has 2 saturated heterocycles. The van der Waals surface area contributed by atoms with Crippen molar-refractivity contribution in [1.29, 1.82) is 0 Å². The number of fused-ring (bicyclic) bond motifs is 1. The van der Waals surface area contributed by atoms with Crippen LogP contribution < -0.4 is 15.1 Å². The number of carbonyl (C=O) groups excluding carboxylic acids is 1. The number of amides is 1. The van der Waals surface area contributed by atoms with Crippen LogP contribution in [0.1, 0.15) is 32.6 Å². The van der Waals surface area contributed by atoms with E-state index in [-0.39, 0.29) is 23.2 Å². The van der Waals surface area contributed by atoms with Crippen molar-refractivity contribution in [2.24, 2.45) is 0 Å². The highest BCUT2D eigenvalue weighted by Gasteiger charge is 2.39. The normalized spacial score (nSPS) is 23.3. The first-order valence-corrected chi connectivity index (χ1v) is 13.7. The Balaban J connectivity index is 1.34. The highest BCUT2D eigenvalue weighted by atomic mass is 32.2. The van der Waals surface area contributed by atoms with Crippen molar-refractivity contribution in [2.45, 2.75) is 54.8 Å². The van der Waals surface area contributed by atoms with Crippen molar-refractivity contribution in [3.63, 3.8) is 0 Å². The molecule has 4 heterocycles. The molecule has 188 valence electrons.